The third-order valence-electron chi connectivity index (χ3n) is 8.55. The summed E-state index contributed by atoms with van der Waals surface area (Å²) < 4.78 is 55.0. The first kappa shape index (κ1) is 28.4. The van der Waals surface area contributed by atoms with Gasteiger partial charge < -0.3 is 15.5 Å². The van der Waals surface area contributed by atoms with Crippen molar-refractivity contribution in [3.8, 4) is 0 Å². The number of pyridine rings is 1. The van der Waals surface area contributed by atoms with Gasteiger partial charge >= 0.3 is 6.18 Å². The minimum atomic E-state index is -4.40. The van der Waals surface area contributed by atoms with Gasteiger partial charge in [0.05, 0.1) is 22.6 Å². The number of alkyl halides is 3. The number of piperidine rings is 2. The van der Waals surface area contributed by atoms with Crippen LogP contribution in [0.1, 0.15) is 67.0 Å². The van der Waals surface area contributed by atoms with Crippen LogP contribution < -0.4 is 5.32 Å². The molecule has 6 nitrogen and oxygen atoms in total. The zero-order valence-corrected chi connectivity index (χ0v) is 22.6. The van der Waals surface area contributed by atoms with Crippen LogP contribution in [0.5, 0.6) is 0 Å². The summed E-state index contributed by atoms with van der Waals surface area (Å²) in [4.78, 5) is 19.2. The Morgan fingerprint density at radius 3 is 2.45 bits per heavy atom. The summed E-state index contributed by atoms with van der Waals surface area (Å²) in [6.45, 7) is 6.69. The summed E-state index contributed by atoms with van der Waals surface area (Å²) >= 11 is 0. The molecule has 0 aliphatic carbocycles. The molecule has 0 radical (unpaired) electrons. The number of aromatic nitrogens is 1. The van der Waals surface area contributed by atoms with Gasteiger partial charge in [-0.25, -0.2) is 4.39 Å². The molecule has 1 aromatic heterocycles. The Kier molecular flexibility index (Phi) is 7.17. The predicted octanol–water partition coefficient (Wildman–Crippen LogP) is 5.13. The monoisotopic (exact) mass is 559 g/mol. The number of aliphatic hydroxyl groups is 2. The van der Waals surface area contributed by atoms with E-state index in [4.69, 9.17) is 0 Å². The number of hydrogen-bond acceptors (Lipinski definition) is 5. The molecule has 5 rings (SSSR count). The fourth-order valence-corrected chi connectivity index (χ4v) is 6.20. The molecule has 3 aromatic rings. The first-order valence-electron chi connectivity index (χ1n) is 13.4. The van der Waals surface area contributed by atoms with Gasteiger partial charge in [0.2, 0.25) is 5.91 Å². The number of nitrogens with one attached hydrogen (secondary N) is 1. The van der Waals surface area contributed by atoms with Gasteiger partial charge in [0.1, 0.15) is 12.0 Å². The average molecular weight is 560 g/mol. The van der Waals surface area contributed by atoms with Crippen LogP contribution in [0, 0.1) is 18.2 Å². The topological polar surface area (TPSA) is 85.7 Å². The Morgan fingerprint density at radius 2 is 1.82 bits per heavy atom. The van der Waals surface area contributed by atoms with Crippen molar-refractivity contribution in [1.29, 1.82) is 0 Å². The van der Waals surface area contributed by atoms with Crippen molar-refractivity contribution in [3.63, 3.8) is 0 Å². The summed E-state index contributed by atoms with van der Waals surface area (Å²) in [7, 11) is 0. The van der Waals surface area contributed by atoms with Gasteiger partial charge in [-0.15, -0.1) is 0 Å². The number of fused-ring (bicyclic) bond motifs is 1. The maximum atomic E-state index is 16.2. The molecule has 2 fully saturated rings. The second kappa shape index (κ2) is 10.1. The summed E-state index contributed by atoms with van der Waals surface area (Å²) in [6.07, 6.45) is -4.28. The molecular formula is C30H33F4N3O3. The van der Waals surface area contributed by atoms with Gasteiger partial charge in [-0.2, -0.15) is 13.2 Å². The fourth-order valence-electron chi connectivity index (χ4n) is 6.20. The highest BCUT2D eigenvalue weighted by Crippen LogP contribution is 2.48. The number of likely N-dealkylation sites (tertiary alicyclic amines) is 1. The van der Waals surface area contributed by atoms with E-state index in [2.05, 4.69) is 15.2 Å². The molecule has 2 aromatic carbocycles. The first-order chi connectivity index (χ1) is 18.7. The Hall–Kier alpha value is -3.08. The molecule has 2 aliphatic heterocycles. The molecule has 10 heteroatoms. The summed E-state index contributed by atoms with van der Waals surface area (Å²) in [5, 5.41) is 24.5. The van der Waals surface area contributed by atoms with Crippen LogP contribution in [0.15, 0.2) is 42.5 Å². The normalized spacial score (nSPS) is 25.7. The lowest BCUT2D eigenvalue weighted by atomic mass is 9.66. The lowest BCUT2D eigenvalue weighted by Crippen LogP contribution is -2.55. The minimum absolute atomic E-state index is 0.152. The van der Waals surface area contributed by atoms with Crippen molar-refractivity contribution in [2.75, 3.05) is 13.1 Å². The van der Waals surface area contributed by atoms with E-state index in [-0.39, 0.29) is 23.3 Å². The largest absolute Gasteiger partial charge is 0.416 e. The standard InChI is InChI=1S/C30H33F4N3O3/c1-17-21(20-8-11-25(38)36-27(20)39)14-22-24(35-17)10-9-23(26(22)31)29(40)12-13-37(16-28(29,2)3)15-18-4-6-19(7-5-18)30(32,33)34/h4-7,9-10,14,20,25,38,40H,8,11-13,15-16H2,1-3H3,(H,36,39). The molecule has 214 valence electrons. The Bertz CT molecular complexity index is 1440. The Balaban J connectivity index is 1.42. The molecule has 3 atom stereocenters. The van der Waals surface area contributed by atoms with Crippen molar-refractivity contribution in [2.24, 2.45) is 5.41 Å². The summed E-state index contributed by atoms with van der Waals surface area (Å²) in [6, 6.07) is 9.93. The van der Waals surface area contributed by atoms with Crippen molar-refractivity contribution in [1.82, 2.24) is 15.2 Å². The van der Waals surface area contributed by atoms with Gasteiger partial charge in [0.15, 0.2) is 0 Å². The molecule has 1 amide bonds. The molecule has 40 heavy (non-hydrogen) atoms. The van der Waals surface area contributed by atoms with Gasteiger partial charge in [-0.3, -0.25) is 14.7 Å². The third-order valence-corrected chi connectivity index (χ3v) is 8.55. The lowest BCUT2D eigenvalue weighted by molar-refractivity contribution is -0.137. The molecular weight excluding hydrogens is 526 g/mol. The van der Waals surface area contributed by atoms with Gasteiger partial charge in [-0.05, 0) is 61.6 Å². The number of carbonyl (C=O) groups is 1. The van der Waals surface area contributed by atoms with Gasteiger partial charge in [0, 0.05) is 41.7 Å². The quantitative estimate of drug-likeness (QED) is 0.386. The first-order valence-corrected chi connectivity index (χ1v) is 13.4. The third kappa shape index (κ3) is 5.08. The number of carbonyl (C=O) groups excluding carboxylic acids is 1. The molecule has 0 spiro atoms. The minimum Gasteiger partial charge on any atom is -0.384 e. The van der Waals surface area contributed by atoms with Crippen molar-refractivity contribution in [2.45, 2.75) is 70.5 Å². The highest BCUT2D eigenvalue weighted by molar-refractivity contribution is 5.88. The molecule has 2 aliphatic rings. The van der Waals surface area contributed by atoms with Crippen LogP contribution in [-0.2, 0) is 23.1 Å². The summed E-state index contributed by atoms with van der Waals surface area (Å²) in [5.41, 5.74) is -0.535. The predicted molar refractivity (Wildman–Crippen MR) is 142 cm³/mol. The SMILES string of the molecule is Cc1nc2ccc(C3(O)CCN(Cc4ccc(C(F)(F)F)cc4)CC3(C)C)c(F)c2cc1C1CCC(O)NC1=O. The molecule has 3 N–H and O–H groups in total. The van der Waals surface area contributed by atoms with Crippen LogP contribution in [0.3, 0.4) is 0 Å². The van der Waals surface area contributed by atoms with E-state index in [0.29, 0.717) is 49.2 Å². The van der Waals surface area contributed by atoms with E-state index in [1.165, 1.54) is 12.1 Å². The van der Waals surface area contributed by atoms with Crippen LogP contribution in [0.4, 0.5) is 17.6 Å². The number of aryl methyl sites for hydroxylation is 1. The number of halogens is 4. The fraction of sp³-hybridized carbons (Fsp3) is 0.467. The van der Waals surface area contributed by atoms with Crippen molar-refractivity contribution < 1.29 is 32.6 Å². The Morgan fingerprint density at radius 1 is 1.12 bits per heavy atom. The average Bonchev–Trinajstić information content (AvgIpc) is 2.86. The number of rotatable bonds is 4. The second-order valence-corrected chi connectivity index (χ2v) is 11.7. The zero-order valence-electron chi connectivity index (χ0n) is 22.6. The van der Waals surface area contributed by atoms with Crippen LogP contribution in [-0.4, -0.2) is 45.3 Å². The van der Waals surface area contributed by atoms with Crippen LogP contribution >= 0.6 is 0 Å². The molecule has 2 saturated heterocycles. The highest BCUT2D eigenvalue weighted by atomic mass is 19.4. The van der Waals surface area contributed by atoms with E-state index in [1.54, 1.807) is 25.1 Å². The number of hydrogen-bond donors (Lipinski definition) is 3. The summed E-state index contributed by atoms with van der Waals surface area (Å²) in [5.74, 6) is -1.48. The Labute approximate surface area is 230 Å². The van der Waals surface area contributed by atoms with E-state index < -0.39 is 40.7 Å². The van der Waals surface area contributed by atoms with E-state index in [1.807, 2.05) is 13.8 Å². The maximum absolute atomic E-state index is 16.2. The number of nitrogens with zero attached hydrogens (tertiary/aromatic N) is 2. The van der Waals surface area contributed by atoms with E-state index in [0.717, 1.165) is 17.7 Å². The molecule has 0 bridgehead atoms. The highest BCUT2D eigenvalue weighted by Gasteiger charge is 2.50. The van der Waals surface area contributed by atoms with Gasteiger partial charge in [0.25, 0.3) is 0 Å². The van der Waals surface area contributed by atoms with Crippen molar-refractivity contribution >= 4 is 16.8 Å². The number of benzene rings is 2. The van der Waals surface area contributed by atoms with Crippen LogP contribution in [0.25, 0.3) is 10.9 Å². The zero-order chi connectivity index (χ0) is 29.0. The molecule has 3 heterocycles. The van der Waals surface area contributed by atoms with Crippen LogP contribution in [0.2, 0.25) is 0 Å². The van der Waals surface area contributed by atoms with Crippen molar-refractivity contribution in [3.05, 3.63) is 76.2 Å². The second-order valence-electron chi connectivity index (χ2n) is 11.7. The molecule has 0 saturated carbocycles. The lowest BCUT2D eigenvalue weighted by Gasteiger charge is -2.50. The van der Waals surface area contributed by atoms with Gasteiger partial charge in [-0.1, -0.05) is 32.0 Å². The number of amides is 1. The molecule has 3 unspecified atom stereocenters. The maximum Gasteiger partial charge on any atom is 0.416 e. The number of aliphatic hydroxyl groups excluding tert-OH is 1. The van der Waals surface area contributed by atoms with E-state index in [9.17, 15) is 28.2 Å². The van der Waals surface area contributed by atoms with E-state index >= 15 is 4.39 Å². The smallest absolute Gasteiger partial charge is 0.384 e.